The van der Waals surface area contributed by atoms with E-state index in [9.17, 15) is 4.39 Å². The molecule has 2 aromatic rings. The van der Waals surface area contributed by atoms with E-state index in [4.69, 9.17) is 27.9 Å². The number of hydrogen-bond donors (Lipinski definition) is 1. The summed E-state index contributed by atoms with van der Waals surface area (Å²) in [5.74, 6) is 0.219. The van der Waals surface area contributed by atoms with Crippen LogP contribution in [0.5, 0.6) is 11.5 Å². The van der Waals surface area contributed by atoms with Gasteiger partial charge in [0.25, 0.3) is 0 Å². The molecule has 0 heterocycles. The minimum atomic E-state index is -0.548. The van der Waals surface area contributed by atoms with Crippen molar-refractivity contribution in [3.63, 3.8) is 0 Å². The van der Waals surface area contributed by atoms with E-state index in [1.807, 2.05) is 13.1 Å². The Morgan fingerprint density at radius 1 is 1.15 bits per heavy atom. The molecule has 0 spiro atoms. The summed E-state index contributed by atoms with van der Waals surface area (Å²) in [5.41, 5.74) is 1.03. The Hall–Kier alpha value is -0.810. The first-order valence-corrected chi connectivity index (χ1v) is 7.31. The Kier molecular flexibility index (Phi) is 5.27. The molecule has 0 saturated carbocycles. The van der Waals surface area contributed by atoms with Gasteiger partial charge in [-0.2, -0.15) is 0 Å². The van der Waals surface area contributed by atoms with Gasteiger partial charge in [0.05, 0.1) is 14.5 Å². The predicted molar refractivity (Wildman–Crippen MR) is 83.4 cm³/mol. The van der Waals surface area contributed by atoms with Crippen LogP contribution in [0.4, 0.5) is 4.39 Å². The molecule has 106 valence electrons. The lowest BCUT2D eigenvalue weighted by molar-refractivity contribution is 0.473. The van der Waals surface area contributed by atoms with Crippen LogP contribution < -0.4 is 10.1 Å². The molecule has 0 bridgehead atoms. The first-order chi connectivity index (χ1) is 9.51. The van der Waals surface area contributed by atoms with E-state index in [1.54, 1.807) is 12.1 Å². The minimum Gasteiger partial charge on any atom is -0.455 e. The third kappa shape index (κ3) is 3.64. The second kappa shape index (κ2) is 6.76. The van der Waals surface area contributed by atoms with Gasteiger partial charge in [-0.3, -0.25) is 0 Å². The summed E-state index contributed by atoms with van der Waals surface area (Å²) in [7, 11) is 1.85. The van der Waals surface area contributed by atoms with E-state index in [1.165, 1.54) is 12.1 Å². The van der Waals surface area contributed by atoms with Crippen molar-refractivity contribution < 1.29 is 9.13 Å². The molecule has 0 amide bonds. The van der Waals surface area contributed by atoms with Gasteiger partial charge in [0, 0.05) is 12.6 Å². The zero-order valence-electron chi connectivity index (χ0n) is 10.5. The van der Waals surface area contributed by atoms with Crippen molar-refractivity contribution in [2.24, 2.45) is 0 Å². The molecular formula is C14H11BrCl2FNO. The standard InChI is InChI=1S/C14H11BrCl2FNO/c1-19-7-8-2-3-13(11(17)4-8)20-14-6-12(18)10(16)5-9(14)15/h2-6,19H,7H2,1H3. The van der Waals surface area contributed by atoms with E-state index in [2.05, 4.69) is 21.2 Å². The molecule has 0 unspecified atom stereocenters. The topological polar surface area (TPSA) is 21.3 Å². The Morgan fingerprint density at radius 3 is 2.55 bits per heavy atom. The van der Waals surface area contributed by atoms with E-state index in [-0.39, 0.29) is 5.02 Å². The average molecular weight is 379 g/mol. The fraction of sp³-hybridized carbons (Fsp3) is 0.143. The second-order valence-electron chi connectivity index (χ2n) is 4.09. The molecule has 6 heteroatoms. The minimum absolute atomic E-state index is 0.0275. The lowest BCUT2D eigenvalue weighted by Gasteiger charge is -2.11. The van der Waals surface area contributed by atoms with E-state index < -0.39 is 5.82 Å². The number of hydrogen-bond acceptors (Lipinski definition) is 2. The van der Waals surface area contributed by atoms with Crippen molar-refractivity contribution in [1.82, 2.24) is 5.32 Å². The molecule has 0 aliphatic carbocycles. The van der Waals surface area contributed by atoms with Gasteiger partial charge in [0.15, 0.2) is 0 Å². The normalized spacial score (nSPS) is 10.7. The number of halogens is 4. The summed E-state index contributed by atoms with van der Waals surface area (Å²) >= 11 is 15.1. The van der Waals surface area contributed by atoms with Crippen LogP contribution >= 0.6 is 39.1 Å². The third-order valence-electron chi connectivity index (χ3n) is 2.57. The summed E-state index contributed by atoms with van der Waals surface area (Å²) in [6, 6.07) is 8.08. The second-order valence-corrected chi connectivity index (χ2v) is 5.76. The average Bonchev–Trinajstić information content (AvgIpc) is 2.39. The molecule has 0 radical (unpaired) electrons. The van der Waals surface area contributed by atoms with Gasteiger partial charge in [-0.25, -0.2) is 4.39 Å². The van der Waals surface area contributed by atoms with Gasteiger partial charge in [-0.05, 0) is 46.7 Å². The van der Waals surface area contributed by atoms with Gasteiger partial charge in [0.2, 0.25) is 0 Å². The Labute approximate surface area is 135 Å². The SMILES string of the molecule is CNCc1ccc(Oc2cc(F)c(Cl)cc2Br)c(Cl)c1. The van der Waals surface area contributed by atoms with Gasteiger partial charge in [-0.15, -0.1) is 0 Å². The van der Waals surface area contributed by atoms with Crippen molar-refractivity contribution in [3.05, 3.63) is 56.2 Å². The molecule has 0 saturated heterocycles. The highest BCUT2D eigenvalue weighted by atomic mass is 79.9. The largest absolute Gasteiger partial charge is 0.455 e. The van der Waals surface area contributed by atoms with Crippen LogP contribution in [0, 0.1) is 5.82 Å². The number of benzene rings is 2. The zero-order chi connectivity index (χ0) is 14.7. The highest BCUT2D eigenvalue weighted by molar-refractivity contribution is 9.10. The number of ether oxygens (including phenoxy) is 1. The Morgan fingerprint density at radius 2 is 1.90 bits per heavy atom. The number of rotatable bonds is 4. The summed E-state index contributed by atoms with van der Waals surface area (Å²) in [6.07, 6.45) is 0. The molecule has 20 heavy (non-hydrogen) atoms. The molecule has 1 N–H and O–H groups in total. The maximum absolute atomic E-state index is 13.5. The Bertz CT molecular complexity index is 637. The summed E-state index contributed by atoms with van der Waals surface area (Å²) in [5, 5.41) is 3.52. The molecule has 0 fully saturated rings. The van der Waals surface area contributed by atoms with Crippen molar-refractivity contribution in [2.75, 3.05) is 7.05 Å². The first-order valence-electron chi connectivity index (χ1n) is 5.76. The maximum atomic E-state index is 13.5. The monoisotopic (exact) mass is 377 g/mol. The fourth-order valence-electron chi connectivity index (χ4n) is 1.64. The fourth-order valence-corrected chi connectivity index (χ4v) is 2.60. The highest BCUT2D eigenvalue weighted by Crippen LogP contribution is 2.36. The molecule has 0 aromatic heterocycles. The molecule has 2 aromatic carbocycles. The smallest absolute Gasteiger partial charge is 0.146 e. The quantitative estimate of drug-likeness (QED) is 0.718. The van der Waals surface area contributed by atoms with E-state index in [0.717, 1.165) is 5.56 Å². The number of nitrogens with one attached hydrogen (secondary N) is 1. The summed E-state index contributed by atoms with van der Waals surface area (Å²) in [4.78, 5) is 0. The van der Waals surface area contributed by atoms with Gasteiger partial charge in [0.1, 0.15) is 17.3 Å². The zero-order valence-corrected chi connectivity index (χ0v) is 13.6. The summed E-state index contributed by atoms with van der Waals surface area (Å²) < 4.78 is 19.6. The third-order valence-corrected chi connectivity index (χ3v) is 3.78. The maximum Gasteiger partial charge on any atom is 0.146 e. The van der Waals surface area contributed by atoms with E-state index >= 15 is 0 Å². The summed E-state index contributed by atoms with van der Waals surface area (Å²) in [6.45, 7) is 0.708. The molecule has 0 atom stereocenters. The lowest BCUT2D eigenvalue weighted by Crippen LogP contribution is -2.04. The Balaban J connectivity index is 2.28. The molecule has 0 aliphatic heterocycles. The first kappa shape index (κ1) is 15.6. The van der Waals surface area contributed by atoms with E-state index in [0.29, 0.717) is 27.5 Å². The van der Waals surface area contributed by atoms with Crippen LogP contribution in [-0.4, -0.2) is 7.05 Å². The molecular weight excluding hydrogens is 368 g/mol. The highest BCUT2D eigenvalue weighted by Gasteiger charge is 2.11. The van der Waals surface area contributed by atoms with Gasteiger partial charge >= 0.3 is 0 Å². The van der Waals surface area contributed by atoms with Crippen molar-refractivity contribution in [3.8, 4) is 11.5 Å². The van der Waals surface area contributed by atoms with Crippen LogP contribution in [0.2, 0.25) is 10.0 Å². The van der Waals surface area contributed by atoms with Crippen LogP contribution in [0.15, 0.2) is 34.8 Å². The van der Waals surface area contributed by atoms with Crippen molar-refractivity contribution in [1.29, 1.82) is 0 Å². The van der Waals surface area contributed by atoms with Crippen LogP contribution in [-0.2, 0) is 6.54 Å². The molecule has 2 nitrogen and oxygen atoms in total. The van der Waals surface area contributed by atoms with Gasteiger partial charge < -0.3 is 10.1 Å². The predicted octanol–water partition coefficient (Wildman–Crippen LogP) is 5.41. The lowest BCUT2D eigenvalue weighted by atomic mass is 10.2. The van der Waals surface area contributed by atoms with Crippen LogP contribution in [0.1, 0.15) is 5.56 Å². The van der Waals surface area contributed by atoms with Crippen LogP contribution in [0.3, 0.4) is 0 Å². The van der Waals surface area contributed by atoms with Gasteiger partial charge in [-0.1, -0.05) is 29.3 Å². The molecule has 2 rings (SSSR count). The van der Waals surface area contributed by atoms with Crippen LogP contribution in [0.25, 0.3) is 0 Å². The van der Waals surface area contributed by atoms with Crippen molar-refractivity contribution in [2.45, 2.75) is 6.54 Å². The molecule has 0 aliphatic rings. The van der Waals surface area contributed by atoms with Crippen molar-refractivity contribution >= 4 is 39.1 Å².